The molecule has 1 amide bonds. The van der Waals surface area contributed by atoms with Crippen molar-refractivity contribution in [3.63, 3.8) is 0 Å². The van der Waals surface area contributed by atoms with Crippen LogP contribution in [-0.4, -0.2) is 29.9 Å². The first-order valence-corrected chi connectivity index (χ1v) is 7.18. The average molecular weight is 260 g/mol. The smallest absolute Gasteiger partial charge is 0.233 e. The molecule has 2 rings (SSSR count). The third-order valence-corrected chi connectivity index (χ3v) is 4.37. The Bertz CT molecular complexity index is 439. The molecule has 0 bridgehead atoms. The van der Waals surface area contributed by atoms with Gasteiger partial charge in [-0.25, -0.2) is 0 Å². The summed E-state index contributed by atoms with van der Waals surface area (Å²) in [5.41, 5.74) is 6.81. The van der Waals surface area contributed by atoms with Crippen molar-refractivity contribution in [1.29, 1.82) is 0 Å². The largest absolute Gasteiger partial charge is 0.342 e. The molecule has 1 fully saturated rings. The van der Waals surface area contributed by atoms with E-state index in [1.54, 1.807) is 0 Å². The molecule has 3 heteroatoms. The van der Waals surface area contributed by atoms with E-state index >= 15 is 0 Å². The molecule has 0 spiro atoms. The van der Waals surface area contributed by atoms with Gasteiger partial charge >= 0.3 is 0 Å². The molecule has 1 aliphatic carbocycles. The third-order valence-electron chi connectivity index (χ3n) is 4.37. The van der Waals surface area contributed by atoms with Crippen LogP contribution >= 0.6 is 0 Å². The Morgan fingerprint density at radius 3 is 2.37 bits per heavy atom. The fraction of sp³-hybridized carbons (Fsp3) is 0.562. The summed E-state index contributed by atoms with van der Waals surface area (Å²) in [6, 6.07) is 10.2. The zero-order valence-electron chi connectivity index (χ0n) is 12.1. The van der Waals surface area contributed by atoms with Crippen LogP contribution in [0.25, 0.3) is 0 Å². The Morgan fingerprint density at radius 1 is 1.37 bits per heavy atom. The number of nitrogens with zero attached hydrogens (tertiary/aromatic N) is 1. The molecule has 3 atom stereocenters. The first kappa shape index (κ1) is 14.1. The summed E-state index contributed by atoms with van der Waals surface area (Å²) >= 11 is 0. The highest BCUT2D eigenvalue weighted by Crippen LogP contribution is 2.56. The Balaban J connectivity index is 2.36. The molecule has 1 aromatic carbocycles. The maximum Gasteiger partial charge on any atom is 0.233 e. The van der Waals surface area contributed by atoms with E-state index in [0.717, 1.165) is 25.1 Å². The van der Waals surface area contributed by atoms with Crippen LogP contribution in [0.2, 0.25) is 0 Å². The summed E-state index contributed by atoms with van der Waals surface area (Å²) in [7, 11) is 0. The minimum Gasteiger partial charge on any atom is -0.342 e. The second-order valence-corrected chi connectivity index (χ2v) is 5.48. The highest BCUT2D eigenvalue weighted by molar-refractivity contribution is 5.92. The predicted molar refractivity (Wildman–Crippen MR) is 77.8 cm³/mol. The summed E-state index contributed by atoms with van der Waals surface area (Å²) < 4.78 is 0. The molecule has 0 aromatic heterocycles. The van der Waals surface area contributed by atoms with Gasteiger partial charge in [0.05, 0.1) is 5.41 Å². The number of hydrogen-bond acceptors (Lipinski definition) is 2. The van der Waals surface area contributed by atoms with Crippen molar-refractivity contribution < 1.29 is 4.79 Å². The van der Waals surface area contributed by atoms with Crippen LogP contribution in [0.1, 0.15) is 32.8 Å². The van der Waals surface area contributed by atoms with Gasteiger partial charge in [-0.3, -0.25) is 4.79 Å². The number of hydrogen-bond donors (Lipinski definition) is 1. The van der Waals surface area contributed by atoms with E-state index in [1.165, 1.54) is 0 Å². The van der Waals surface area contributed by atoms with Gasteiger partial charge in [0.25, 0.3) is 0 Å². The van der Waals surface area contributed by atoms with Gasteiger partial charge < -0.3 is 10.6 Å². The van der Waals surface area contributed by atoms with E-state index < -0.39 is 0 Å². The van der Waals surface area contributed by atoms with E-state index in [9.17, 15) is 4.79 Å². The number of amides is 1. The molecule has 0 heterocycles. The van der Waals surface area contributed by atoms with Gasteiger partial charge in [-0.2, -0.15) is 0 Å². The number of rotatable bonds is 5. The van der Waals surface area contributed by atoms with Crippen LogP contribution in [-0.2, 0) is 10.2 Å². The molecule has 1 aliphatic rings. The number of carbonyl (C=O) groups is 1. The minimum atomic E-state index is -0.374. The van der Waals surface area contributed by atoms with Crippen molar-refractivity contribution >= 4 is 5.91 Å². The lowest BCUT2D eigenvalue weighted by Gasteiger charge is -2.27. The molecule has 1 aromatic rings. The van der Waals surface area contributed by atoms with Gasteiger partial charge in [-0.05, 0) is 38.7 Å². The zero-order valence-corrected chi connectivity index (χ0v) is 12.1. The van der Waals surface area contributed by atoms with E-state index in [-0.39, 0.29) is 23.3 Å². The Labute approximate surface area is 115 Å². The van der Waals surface area contributed by atoms with Crippen LogP contribution in [0.15, 0.2) is 30.3 Å². The van der Waals surface area contributed by atoms with Gasteiger partial charge in [-0.1, -0.05) is 30.3 Å². The van der Waals surface area contributed by atoms with E-state index in [2.05, 4.69) is 12.1 Å². The van der Waals surface area contributed by atoms with Gasteiger partial charge in [-0.15, -0.1) is 0 Å². The lowest BCUT2D eigenvalue weighted by atomic mass is 9.89. The van der Waals surface area contributed by atoms with E-state index in [0.29, 0.717) is 0 Å². The molecular formula is C16H24N2O. The number of carbonyl (C=O) groups excluding carboxylic acids is 1. The SMILES string of the molecule is CCN(CC)C(=O)[C@]1(c2ccccc2)C[C@@H]1[C@@H](C)N. The van der Waals surface area contributed by atoms with Crippen LogP contribution in [0.5, 0.6) is 0 Å². The molecule has 1 saturated carbocycles. The fourth-order valence-corrected chi connectivity index (χ4v) is 3.15. The Kier molecular flexibility index (Phi) is 3.95. The van der Waals surface area contributed by atoms with Crippen molar-refractivity contribution in [1.82, 2.24) is 4.90 Å². The summed E-state index contributed by atoms with van der Waals surface area (Å²) in [5.74, 6) is 0.508. The Morgan fingerprint density at radius 2 is 1.95 bits per heavy atom. The highest BCUT2D eigenvalue weighted by Gasteiger charge is 2.62. The van der Waals surface area contributed by atoms with Gasteiger partial charge in [0.1, 0.15) is 0 Å². The highest BCUT2D eigenvalue weighted by atomic mass is 16.2. The minimum absolute atomic E-state index is 0.0553. The molecule has 3 nitrogen and oxygen atoms in total. The zero-order chi connectivity index (χ0) is 14.0. The summed E-state index contributed by atoms with van der Waals surface area (Å²) in [6.07, 6.45) is 0.879. The second kappa shape index (κ2) is 5.33. The van der Waals surface area contributed by atoms with Gasteiger partial charge in [0.15, 0.2) is 0 Å². The molecule has 0 saturated heterocycles. The van der Waals surface area contributed by atoms with Gasteiger partial charge in [0.2, 0.25) is 5.91 Å². The molecular weight excluding hydrogens is 236 g/mol. The van der Waals surface area contributed by atoms with Crippen molar-refractivity contribution in [3.8, 4) is 0 Å². The maximum atomic E-state index is 12.9. The molecule has 2 N–H and O–H groups in total. The number of nitrogens with two attached hydrogens (primary N) is 1. The molecule has 104 valence electrons. The van der Waals surface area contributed by atoms with Gasteiger partial charge in [0, 0.05) is 19.1 Å². The quantitative estimate of drug-likeness (QED) is 0.882. The number of benzene rings is 1. The average Bonchev–Trinajstić information content (AvgIpc) is 3.18. The normalized spacial score (nSPS) is 26.8. The van der Waals surface area contributed by atoms with Crippen molar-refractivity contribution in [3.05, 3.63) is 35.9 Å². The summed E-state index contributed by atoms with van der Waals surface area (Å²) in [6.45, 7) is 7.59. The molecule has 0 unspecified atom stereocenters. The van der Waals surface area contributed by atoms with Crippen LogP contribution in [0.3, 0.4) is 0 Å². The van der Waals surface area contributed by atoms with Crippen LogP contribution < -0.4 is 5.73 Å². The lowest BCUT2D eigenvalue weighted by molar-refractivity contribution is -0.134. The summed E-state index contributed by atoms with van der Waals surface area (Å²) in [4.78, 5) is 14.8. The topological polar surface area (TPSA) is 46.3 Å². The van der Waals surface area contributed by atoms with Crippen LogP contribution in [0, 0.1) is 5.92 Å². The van der Waals surface area contributed by atoms with Crippen molar-refractivity contribution in [2.75, 3.05) is 13.1 Å². The lowest BCUT2D eigenvalue weighted by Crippen LogP contribution is -2.42. The summed E-state index contributed by atoms with van der Waals surface area (Å²) in [5, 5.41) is 0. The third kappa shape index (κ3) is 2.27. The predicted octanol–water partition coefficient (Wildman–Crippen LogP) is 2.16. The van der Waals surface area contributed by atoms with Crippen LogP contribution in [0.4, 0.5) is 0 Å². The fourth-order valence-electron chi connectivity index (χ4n) is 3.15. The number of likely N-dealkylation sites (N-methyl/N-ethyl adjacent to an activating group) is 1. The first-order valence-electron chi connectivity index (χ1n) is 7.18. The van der Waals surface area contributed by atoms with Crippen molar-refractivity contribution in [2.45, 2.75) is 38.6 Å². The molecule has 19 heavy (non-hydrogen) atoms. The molecule has 0 radical (unpaired) electrons. The van der Waals surface area contributed by atoms with E-state index in [1.807, 2.05) is 43.9 Å². The first-order chi connectivity index (χ1) is 9.07. The maximum absolute atomic E-state index is 12.9. The Hall–Kier alpha value is -1.35. The van der Waals surface area contributed by atoms with Crippen molar-refractivity contribution in [2.24, 2.45) is 11.7 Å². The standard InChI is InChI=1S/C16H24N2O/c1-4-18(5-2)15(19)16(11-14(16)12(3)17)13-9-7-6-8-10-13/h6-10,12,14H,4-5,11,17H2,1-3H3/t12-,14-,16+/m1/s1. The van der Waals surface area contributed by atoms with E-state index in [4.69, 9.17) is 5.73 Å². The monoisotopic (exact) mass is 260 g/mol. The second-order valence-electron chi connectivity index (χ2n) is 5.48. The molecule has 0 aliphatic heterocycles.